The van der Waals surface area contributed by atoms with Crippen LogP contribution in [0, 0.1) is 0 Å². The fraction of sp³-hybridized carbons (Fsp3) is 0.350. The van der Waals surface area contributed by atoms with Crippen molar-refractivity contribution in [2.24, 2.45) is 0 Å². The molecular formula is C20H24N2O4. The van der Waals surface area contributed by atoms with Crippen LogP contribution in [0.4, 0.5) is 11.4 Å². The Kier molecular flexibility index (Phi) is 5.96. The number of carbonyl (C=O) groups is 1. The van der Waals surface area contributed by atoms with E-state index in [9.17, 15) is 4.79 Å². The van der Waals surface area contributed by atoms with E-state index in [-0.39, 0.29) is 5.91 Å². The van der Waals surface area contributed by atoms with Crippen LogP contribution < -0.4 is 19.7 Å². The highest BCUT2D eigenvalue weighted by Crippen LogP contribution is 2.28. The molecule has 3 rings (SSSR count). The maximum atomic E-state index is 12.5. The molecule has 0 bridgehead atoms. The van der Waals surface area contributed by atoms with Crippen LogP contribution in [-0.2, 0) is 4.74 Å². The van der Waals surface area contributed by atoms with Gasteiger partial charge in [-0.1, -0.05) is 0 Å². The van der Waals surface area contributed by atoms with Gasteiger partial charge in [0.25, 0.3) is 5.91 Å². The van der Waals surface area contributed by atoms with E-state index in [1.165, 1.54) is 0 Å². The second-order valence-corrected chi connectivity index (χ2v) is 5.90. The number of benzene rings is 2. The van der Waals surface area contributed by atoms with Crippen molar-refractivity contribution in [2.75, 3.05) is 50.2 Å². The number of nitrogens with one attached hydrogen (secondary N) is 1. The summed E-state index contributed by atoms with van der Waals surface area (Å²) in [6.07, 6.45) is 0. The first-order chi connectivity index (χ1) is 12.7. The van der Waals surface area contributed by atoms with Gasteiger partial charge in [-0.25, -0.2) is 0 Å². The van der Waals surface area contributed by atoms with Crippen molar-refractivity contribution in [2.45, 2.75) is 6.92 Å². The lowest BCUT2D eigenvalue weighted by atomic mass is 10.1. The number of amides is 1. The first-order valence-corrected chi connectivity index (χ1v) is 8.76. The fourth-order valence-electron chi connectivity index (χ4n) is 2.86. The minimum Gasteiger partial charge on any atom is -0.493 e. The molecule has 1 aliphatic rings. The number of methoxy groups -OCH3 is 1. The van der Waals surface area contributed by atoms with Gasteiger partial charge < -0.3 is 24.4 Å². The number of morpholine rings is 1. The molecule has 1 fully saturated rings. The molecule has 0 radical (unpaired) electrons. The van der Waals surface area contributed by atoms with Crippen molar-refractivity contribution in [1.29, 1.82) is 0 Å². The maximum Gasteiger partial charge on any atom is 0.255 e. The molecule has 6 nitrogen and oxygen atoms in total. The quantitative estimate of drug-likeness (QED) is 0.861. The zero-order chi connectivity index (χ0) is 18.4. The molecule has 1 N–H and O–H groups in total. The van der Waals surface area contributed by atoms with Crippen molar-refractivity contribution in [3.05, 3.63) is 48.0 Å². The molecule has 0 unspecified atom stereocenters. The van der Waals surface area contributed by atoms with Gasteiger partial charge in [-0.15, -0.1) is 0 Å². The van der Waals surface area contributed by atoms with E-state index in [2.05, 4.69) is 10.2 Å². The molecular weight excluding hydrogens is 332 g/mol. The molecule has 1 heterocycles. The van der Waals surface area contributed by atoms with Crippen LogP contribution in [0.3, 0.4) is 0 Å². The highest BCUT2D eigenvalue weighted by molar-refractivity contribution is 6.04. The lowest BCUT2D eigenvalue weighted by Crippen LogP contribution is -2.36. The van der Waals surface area contributed by atoms with Crippen molar-refractivity contribution in [1.82, 2.24) is 0 Å². The van der Waals surface area contributed by atoms with Gasteiger partial charge >= 0.3 is 0 Å². The summed E-state index contributed by atoms with van der Waals surface area (Å²) in [6, 6.07) is 13.0. The molecule has 0 aromatic heterocycles. The number of hydrogen-bond acceptors (Lipinski definition) is 5. The SMILES string of the molecule is CCOc1ccc(C(=O)Nc2ccc(N3CCOCC3)cc2)cc1OC. The summed E-state index contributed by atoms with van der Waals surface area (Å²) in [6.45, 7) is 5.71. The number of anilines is 2. The Balaban J connectivity index is 1.67. The molecule has 1 aliphatic heterocycles. The third kappa shape index (κ3) is 4.26. The van der Waals surface area contributed by atoms with Gasteiger partial charge in [-0.3, -0.25) is 4.79 Å². The molecule has 0 saturated carbocycles. The normalized spacial score (nSPS) is 14.0. The van der Waals surface area contributed by atoms with Gasteiger partial charge in [0.2, 0.25) is 0 Å². The highest BCUT2D eigenvalue weighted by Gasteiger charge is 2.13. The Morgan fingerprint density at radius 3 is 2.50 bits per heavy atom. The van der Waals surface area contributed by atoms with Crippen LogP contribution >= 0.6 is 0 Å². The van der Waals surface area contributed by atoms with Gasteiger partial charge in [-0.05, 0) is 49.4 Å². The average molecular weight is 356 g/mol. The fourth-order valence-corrected chi connectivity index (χ4v) is 2.86. The zero-order valence-electron chi connectivity index (χ0n) is 15.2. The summed E-state index contributed by atoms with van der Waals surface area (Å²) in [5.41, 5.74) is 2.40. The third-order valence-electron chi connectivity index (χ3n) is 4.23. The Labute approximate surface area is 153 Å². The largest absolute Gasteiger partial charge is 0.493 e. The number of carbonyl (C=O) groups excluding carboxylic acids is 1. The van der Waals surface area contributed by atoms with Gasteiger partial charge in [0, 0.05) is 30.0 Å². The van der Waals surface area contributed by atoms with E-state index in [1.54, 1.807) is 25.3 Å². The molecule has 0 aliphatic carbocycles. The predicted molar refractivity (Wildman–Crippen MR) is 102 cm³/mol. The molecule has 0 spiro atoms. The summed E-state index contributed by atoms with van der Waals surface area (Å²) in [5.74, 6) is 0.981. The third-order valence-corrected chi connectivity index (χ3v) is 4.23. The molecule has 2 aromatic carbocycles. The standard InChI is InChI=1S/C20H24N2O4/c1-3-26-18-9-4-15(14-19(18)24-2)20(23)21-16-5-7-17(8-6-16)22-10-12-25-13-11-22/h4-9,14H,3,10-13H2,1-2H3,(H,21,23). The summed E-state index contributed by atoms with van der Waals surface area (Å²) in [4.78, 5) is 14.8. The first kappa shape index (κ1) is 18.1. The van der Waals surface area contributed by atoms with E-state index in [1.807, 2.05) is 31.2 Å². The number of rotatable bonds is 6. The maximum absolute atomic E-state index is 12.5. The Morgan fingerprint density at radius 2 is 1.85 bits per heavy atom. The lowest BCUT2D eigenvalue weighted by molar-refractivity contribution is 0.102. The molecule has 1 saturated heterocycles. The molecule has 26 heavy (non-hydrogen) atoms. The van der Waals surface area contributed by atoms with Crippen LogP contribution in [-0.4, -0.2) is 45.9 Å². The summed E-state index contributed by atoms with van der Waals surface area (Å²) in [7, 11) is 1.56. The Hall–Kier alpha value is -2.73. The van der Waals surface area contributed by atoms with E-state index < -0.39 is 0 Å². The predicted octanol–water partition coefficient (Wildman–Crippen LogP) is 3.18. The van der Waals surface area contributed by atoms with Crippen LogP contribution in [0.15, 0.2) is 42.5 Å². The van der Waals surface area contributed by atoms with Gasteiger partial charge in [0.05, 0.1) is 26.9 Å². The highest BCUT2D eigenvalue weighted by atomic mass is 16.5. The van der Waals surface area contributed by atoms with Crippen molar-refractivity contribution in [3.63, 3.8) is 0 Å². The van der Waals surface area contributed by atoms with E-state index in [4.69, 9.17) is 14.2 Å². The monoisotopic (exact) mass is 356 g/mol. The zero-order valence-corrected chi connectivity index (χ0v) is 15.2. The summed E-state index contributed by atoms with van der Waals surface area (Å²) >= 11 is 0. The van der Waals surface area contributed by atoms with E-state index >= 15 is 0 Å². The number of hydrogen-bond donors (Lipinski definition) is 1. The van der Waals surface area contributed by atoms with Gasteiger partial charge in [-0.2, -0.15) is 0 Å². The molecule has 1 amide bonds. The Morgan fingerprint density at radius 1 is 1.12 bits per heavy atom. The summed E-state index contributed by atoms with van der Waals surface area (Å²) in [5, 5.41) is 2.91. The van der Waals surface area contributed by atoms with Crippen molar-refractivity contribution >= 4 is 17.3 Å². The van der Waals surface area contributed by atoms with Crippen molar-refractivity contribution < 1.29 is 19.0 Å². The van der Waals surface area contributed by atoms with Crippen molar-refractivity contribution in [3.8, 4) is 11.5 Å². The molecule has 0 atom stereocenters. The average Bonchev–Trinajstić information content (AvgIpc) is 2.69. The Bertz CT molecular complexity index is 740. The van der Waals surface area contributed by atoms with Gasteiger partial charge in [0.15, 0.2) is 11.5 Å². The topological polar surface area (TPSA) is 60.0 Å². The molecule has 138 valence electrons. The minimum absolute atomic E-state index is 0.189. The molecule has 6 heteroatoms. The first-order valence-electron chi connectivity index (χ1n) is 8.76. The summed E-state index contributed by atoms with van der Waals surface area (Å²) < 4.78 is 16.2. The second kappa shape index (κ2) is 8.58. The second-order valence-electron chi connectivity index (χ2n) is 5.90. The van der Waals surface area contributed by atoms with Crippen LogP contribution in [0.2, 0.25) is 0 Å². The van der Waals surface area contributed by atoms with E-state index in [0.29, 0.717) is 23.7 Å². The smallest absolute Gasteiger partial charge is 0.255 e. The lowest BCUT2D eigenvalue weighted by Gasteiger charge is -2.28. The minimum atomic E-state index is -0.189. The van der Waals surface area contributed by atoms with Crippen LogP contribution in [0.25, 0.3) is 0 Å². The number of nitrogens with zero attached hydrogens (tertiary/aromatic N) is 1. The van der Waals surface area contributed by atoms with Crippen LogP contribution in [0.5, 0.6) is 11.5 Å². The van der Waals surface area contributed by atoms with Gasteiger partial charge in [0.1, 0.15) is 0 Å². The number of ether oxygens (including phenoxy) is 3. The van der Waals surface area contributed by atoms with Crippen LogP contribution in [0.1, 0.15) is 17.3 Å². The molecule has 2 aromatic rings. The van der Waals surface area contributed by atoms with E-state index in [0.717, 1.165) is 37.7 Å².